The highest BCUT2D eigenvalue weighted by Gasteiger charge is 2.21. The second kappa shape index (κ2) is 5.63. The molecule has 0 bridgehead atoms. The molecule has 1 aliphatic heterocycles. The van der Waals surface area contributed by atoms with Crippen molar-refractivity contribution in [1.29, 1.82) is 0 Å². The normalized spacial score (nSPS) is 17.1. The first-order chi connectivity index (χ1) is 8.60. The number of rotatable bonds is 3. The predicted octanol–water partition coefficient (Wildman–Crippen LogP) is 3.08. The number of hydrogen-bond acceptors (Lipinski definition) is 3. The minimum Gasteiger partial charge on any atom is -0.493 e. The summed E-state index contributed by atoms with van der Waals surface area (Å²) in [5, 5.41) is 2.62. The summed E-state index contributed by atoms with van der Waals surface area (Å²) in [6.07, 6.45) is 2.32. The van der Waals surface area contributed by atoms with Gasteiger partial charge in [-0.25, -0.2) is 0 Å². The first kappa shape index (κ1) is 13.2. The van der Waals surface area contributed by atoms with E-state index in [0.29, 0.717) is 23.6 Å². The summed E-state index contributed by atoms with van der Waals surface area (Å²) in [6, 6.07) is 5.71. The number of amides is 1. The van der Waals surface area contributed by atoms with Crippen molar-refractivity contribution in [2.75, 3.05) is 6.61 Å². The predicted molar refractivity (Wildman–Crippen MR) is 78.6 cm³/mol. The summed E-state index contributed by atoms with van der Waals surface area (Å²) in [5.41, 5.74) is 1.54. The van der Waals surface area contributed by atoms with Crippen LogP contribution in [0.15, 0.2) is 28.2 Å². The molecular weight excluding hydrogens is 314 g/mol. The van der Waals surface area contributed by atoms with Crippen molar-refractivity contribution >= 4 is 45.1 Å². The Morgan fingerprint density at radius 1 is 1.56 bits per heavy atom. The highest BCUT2D eigenvalue weighted by atomic mass is 79.9. The van der Waals surface area contributed by atoms with Gasteiger partial charge in [-0.1, -0.05) is 28.1 Å². The lowest BCUT2D eigenvalue weighted by Gasteiger charge is -2.08. The zero-order chi connectivity index (χ0) is 13.1. The summed E-state index contributed by atoms with van der Waals surface area (Å²) in [7, 11) is 0. The van der Waals surface area contributed by atoms with Gasteiger partial charge in [0.05, 0.1) is 11.6 Å². The Bertz CT molecular complexity index is 540. The minimum atomic E-state index is -0.123. The van der Waals surface area contributed by atoms with Crippen LogP contribution in [-0.2, 0) is 4.79 Å². The molecule has 0 aromatic heterocycles. The average Bonchev–Trinajstić information content (AvgIpc) is 2.61. The van der Waals surface area contributed by atoms with Crippen molar-refractivity contribution in [3.8, 4) is 5.75 Å². The fourth-order valence-electron chi connectivity index (χ4n) is 1.73. The molecule has 0 aliphatic carbocycles. The van der Waals surface area contributed by atoms with E-state index in [4.69, 9.17) is 17.0 Å². The standard InChI is InChI=1S/C13H12BrNO2S/c1-2-17-11-4-3-10(14)6-8(11)5-9-7-12(18)15-13(9)16/h3-6H,2,7H2,1H3,(H,15,16,18). The molecule has 1 aromatic carbocycles. The number of ether oxygens (including phenoxy) is 1. The molecular formula is C13H12BrNO2S. The van der Waals surface area contributed by atoms with Crippen LogP contribution in [0.3, 0.4) is 0 Å². The van der Waals surface area contributed by atoms with E-state index in [2.05, 4.69) is 21.2 Å². The summed E-state index contributed by atoms with van der Waals surface area (Å²) in [6.45, 7) is 2.51. The monoisotopic (exact) mass is 325 g/mol. The topological polar surface area (TPSA) is 38.3 Å². The first-order valence-electron chi connectivity index (χ1n) is 5.57. The fourth-order valence-corrected chi connectivity index (χ4v) is 2.35. The number of carbonyl (C=O) groups excluding carboxylic acids is 1. The fraction of sp³-hybridized carbons (Fsp3) is 0.231. The van der Waals surface area contributed by atoms with Gasteiger partial charge in [0.1, 0.15) is 5.75 Å². The van der Waals surface area contributed by atoms with Crippen molar-refractivity contribution in [3.05, 3.63) is 33.8 Å². The van der Waals surface area contributed by atoms with Gasteiger partial charge in [0.2, 0.25) is 0 Å². The van der Waals surface area contributed by atoms with E-state index in [1.165, 1.54) is 0 Å². The van der Waals surface area contributed by atoms with Crippen LogP contribution >= 0.6 is 28.1 Å². The lowest BCUT2D eigenvalue weighted by molar-refractivity contribution is -0.115. The summed E-state index contributed by atoms with van der Waals surface area (Å²) >= 11 is 8.40. The number of carbonyl (C=O) groups is 1. The van der Waals surface area contributed by atoms with Crippen molar-refractivity contribution in [2.45, 2.75) is 13.3 Å². The van der Waals surface area contributed by atoms with Crippen LogP contribution in [0.1, 0.15) is 18.9 Å². The van der Waals surface area contributed by atoms with Crippen LogP contribution in [0, 0.1) is 0 Å². The van der Waals surface area contributed by atoms with Crippen LogP contribution < -0.4 is 10.1 Å². The van der Waals surface area contributed by atoms with E-state index in [1.54, 1.807) is 0 Å². The Morgan fingerprint density at radius 2 is 2.33 bits per heavy atom. The molecule has 1 N–H and O–H groups in total. The van der Waals surface area contributed by atoms with E-state index >= 15 is 0 Å². The second-order valence-corrected chi connectivity index (χ2v) is 5.25. The number of halogens is 1. The molecule has 0 unspecified atom stereocenters. The van der Waals surface area contributed by atoms with Gasteiger partial charge >= 0.3 is 0 Å². The maximum absolute atomic E-state index is 11.6. The lowest BCUT2D eigenvalue weighted by atomic mass is 10.1. The highest BCUT2D eigenvalue weighted by molar-refractivity contribution is 9.10. The Morgan fingerprint density at radius 3 is 2.94 bits per heavy atom. The van der Waals surface area contributed by atoms with Gasteiger partial charge < -0.3 is 10.1 Å². The highest BCUT2D eigenvalue weighted by Crippen LogP contribution is 2.27. The largest absolute Gasteiger partial charge is 0.493 e. The van der Waals surface area contributed by atoms with Gasteiger partial charge in [0.25, 0.3) is 5.91 Å². The molecule has 1 fully saturated rings. The summed E-state index contributed by atoms with van der Waals surface area (Å²) < 4.78 is 6.48. The van der Waals surface area contributed by atoms with Crippen LogP contribution in [0.5, 0.6) is 5.75 Å². The number of thiocarbonyl (C=S) groups is 1. The smallest absolute Gasteiger partial charge is 0.252 e. The van der Waals surface area contributed by atoms with Gasteiger partial charge in [-0.3, -0.25) is 4.79 Å². The quantitative estimate of drug-likeness (QED) is 0.685. The lowest BCUT2D eigenvalue weighted by Crippen LogP contribution is -2.18. The number of benzene rings is 1. The number of hydrogen-bond donors (Lipinski definition) is 1. The van der Waals surface area contributed by atoms with Gasteiger partial charge in [0, 0.05) is 22.0 Å². The molecule has 0 spiro atoms. The molecule has 0 atom stereocenters. The van der Waals surface area contributed by atoms with Gasteiger partial charge in [-0.05, 0) is 31.2 Å². The minimum absolute atomic E-state index is 0.123. The summed E-state index contributed by atoms with van der Waals surface area (Å²) in [5.74, 6) is 0.640. The van der Waals surface area contributed by atoms with Crippen molar-refractivity contribution < 1.29 is 9.53 Å². The molecule has 1 amide bonds. The van der Waals surface area contributed by atoms with Crippen LogP contribution in [0.4, 0.5) is 0 Å². The molecule has 5 heteroatoms. The van der Waals surface area contributed by atoms with Crippen LogP contribution in [0.25, 0.3) is 6.08 Å². The van der Waals surface area contributed by atoms with Crippen molar-refractivity contribution in [1.82, 2.24) is 5.32 Å². The molecule has 0 saturated carbocycles. The maximum atomic E-state index is 11.6. The van der Waals surface area contributed by atoms with Crippen molar-refractivity contribution in [3.63, 3.8) is 0 Å². The van der Waals surface area contributed by atoms with Crippen molar-refractivity contribution in [2.24, 2.45) is 0 Å². The van der Waals surface area contributed by atoms with Gasteiger partial charge in [0.15, 0.2) is 0 Å². The Hall–Kier alpha value is -1.20. The van der Waals surface area contributed by atoms with E-state index in [9.17, 15) is 4.79 Å². The molecule has 94 valence electrons. The SMILES string of the molecule is CCOc1ccc(Br)cc1C=C1CC(=S)NC1=O. The van der Waals surface area contributed by atoms with E-state index < -0.39 is 0 Å². The zero-order valence-corrected chi connectivity index (χ0v) is 12.2. The molecule has 0 radical (unpaired) electrons. The van der Waals surface area contributed by atoms with Crippen LogP contribution in [0.2, 0.25) is 0 Å². The van der Waals surface area contributed by atoms with Crippen LogP contribution in [-0.4, -0.2) is 17.5 Å². The van der Waals surface area contributed by atoms with Gasteiger partial charge in [-0.2, -0.15) is 0 Å². The average molecular weight is 326 g/mol. The molecule has 1 heterocycles. The first-order valence-corrected chi connectivity index (χ1v) is 6.77. The molecule has 18 heavy (non-hydrogen) atoms. The molecule has 1 saturated heterocycles. The molecule has 3 nitrogen and oxygen atoms in total. The number of nitrogens with one attached hydrogen (secondary N) is 1. The third-order valence-electron chi connectivity index (χ3n) is 2.50. The molecule has 2 rings (SSSR count). The van der Waals surface area contributed by atoms with E-state index in [0.717, 1.165) is 15.8 Å². The molecule has 1 aliphatic rings. The Kier molecular flexibility index (Phi) is 4.14. The third-order valence-corrected chi connectivity index (χ3v) is 3.24. The van der Waals surface area contributed by atoms with Gasteiger partial charge in [-0.15, -0.1) is 0 Å². The molecule has 1 aromatic rings. The Balaban J connectivity index is 2.38. The second-order valence-electron chi connectivity index (χ2n) is 3.84. The zero-order valence-electron chi connectivity index (χ0n) is 9.83. The maximum Gasteiger partial charge on any atom is 0.252 e. The van der Waals surface area contributed by atoms with E-state index in [1.807, 2.05) is 31.2 Å². The Labute approximate surface area is 119 Å². The third kappa shape index (κ3) is 2.97. The summed E-state index contributed by atoms with van der Waals surface area (Å²) in [4.78, 5) is 12.2. The van der Waals surface area contributed by atoms with E-state index in [-0.39, 0.29) is 5.91 Å².